The van der Waals surface area contributed by atoms with Crippen LogP contribution in [-0.2, 0) is 11.3 Å². The van der Waals surface area contributed by atoms with Gasteiger partial charge in [0.2, 0.25) is 5.91 Å². The van der Waals surface area contributed by atoms with Crippen LogP contribution >= 0.6 is 23.2 Å². The van der Waals surface area contributed by atoms with Gasteiger partial charge in [-0.15, -0.1) is 0 Å². The summed E-state index contributed by atoms with van der Waals surface area (Å²) in [6, 6.07) is 5.23. The van der Waals surface area contributed by atoms with Crippen molar-refractivity contribution in [2.24, 2.45) is 5.73 Å². The van der Waals surface area contributed by atoms with Crippen molar-refractivity contribution < 1.29 is 4.79 Å². The van der Waals surface area contributed by atoms with Crippen LogP contribution in [0.4, 0.5) is 0 Å². The average molecular weight is 288 g/mol. The second-order valence-electron chi connectivity index (χ2n) is 4.34. The number of nitrogens with zero attached hydrogens (tertiary/aromatic N) is 1. The molecule has 0 spiro atoms. The predicted molar refractivity (Wildman–Crippen MR) is 72.7 cm³/mol. The Kier molecular flexibility index (Phi) is 4.45. The average Bonchev–Trinajstić information content (AvgIpc) is 2.34. The molecule has 1 aromatic carbocycles. The maximum Gasteiger partial charge on any atom is 0.236 e. The monoisotopic (exact) mass is 287 g/mol. The largest absolute Gasteiger partial charge is 0.368 e. The summed E-state index contributed by atoms with van der Waals surface area (Å²) in [5.74, 6) is -0.303. The highest BCUT2D eigenvalue weighted by atomic mass is 35.5. The van der Waals surface area contributed by atoms with Gasteiger partial charge in [0.1, 0.15) is 6.04 Å². The number of piperazine rings is 1. The Hall–Kier alpha value is -0.810. The molecule has 1 saturated heterocycles. The fourth-order valence-electron chi connectivity index (χ4n) is 2.09. The molecule has 2 rings (SSSR count). The molecule has 4 nitrogen and oxygen atoms in total. The second kappa shape index (κ2) is 5.89. The number of nitrogens with two attached hydrogens (primary N) is 1. The van der Waals surface area contributed by atoms with E-state index >= 15 is 0 Å². The molecule has 1 aliphatic heterocycles. The minimum Gasteiger partial charge on any atom is -0.368 e. The lowest BCUT2D eigenvalue weighted by molar-refractivity contribution is -0.124. The molecule has 1 aromatic rings. The Balaban J connectivity index is 2.10. The zero-order valence-electron chi connectivity index (χ0n) is 9.83. The molecule has 0 radical (unpaired) electrons. The van der Waals surface area contributed by atoms with Crippen LogP contribution in [0.2, 0.25) is 10.0 Å². The van der Waals surface area contributed by atoms with Crippen LogP contribution in [0.5, 0.6) is 0 Å². The summed E-state index contributed by atoms with van der Waals surface area (Å²) in [6.07, 6.45) is 0. The number of carbonyl (C=O) groups excluding carboxylic acids is 1. The van der Waals surface area contributed by atoms with Gasteiger partial charge in [-0.25, -0.2) is 0 Å². The number of nitrogens with one attached hydrogen (secondary N) is 1. The summed E-state index contributed by atoms with van der Waals surface area (Å²) >= 11 is 11.8. The van der Waals surface area contributed by atoms with Crippen molar-refractivity contribution in [1.82, 2.24) is 10.2 Å². The van der Waals surface area contributed by atoms with Crippen molar-refractivity contribution in [2.45, 2.75) is 12.6 Å². The first-order valence-corrected chi connectivity index (χ1v) is 6.51. The van der Waals surface area contributed by atoms with Gasteiger partial charge in [0.15, 0.2) is 0 Å². The molecule has 98 valence electrons. The van der Waals surface area contributed by atoms with Gasteiger partial charge in [-0.05, 0) is 17.7 Å². The van der Waals surface area contributed by atoms with Crippen molar-refractivity contribution in [3.05, 3.63) is 33.8 Å². The summed E-state index contributed by atoms with van der Waals surface area (Å²) in [5, 5.41) is 4.22. The molecule has 0 saturated carbocycles. The topological polar surface area (TPSA) is 58.4 Å². The zero-order chi connectivity index (χ0) is 13.1. The second-order valence-corrected chi connectivity index (χ2v) is 5.16. The first-order valence-electron chi connectivity index (χ1n) is 5.76. The van der Waals surface area contributed by atoms with Gasteiger partial charge in [-0.2, -0.15) is 0 Å². The minimum absolute atomic E-state index is 0.270. The van der Waals surface area contributed by atoms with E-state index in [1.165, 1.54) is 0 Å². The molecule has 1 aliphatic rings. The van der Waals surface area contributed by atoms with Gasteiger partial charge in [0.25, 0.3) is 0 Å². The molecule has 1 amide bonds. The molecule has 1 unspecified atom stereocenters. The number of hydrogen-bond donors (Lipinski definition) is 2. The van der Waals surface area contributed by atoms with Crippen LogP contribution in [0.25, 0.3) is 0 Å². The van der Waals surface area contributed by atoms with Crippen molar-refractivity contribution in [3.63, 3.8) is 0 Å². The number of amides is 1. The Bertz CT molecular complexity index is 453. The third-order valence-corrected chi connectivity index (χ3v) is 3.79. The fraction of sp³-hybridized carbons (Fsp3) is 0.417. The number of rotatable bonds is 3. The Morgan fingerprint density at radius 3 is 2.89 bits per heavy atom. The van der Waals surface area contributed by atoms with E-state index < -0.39 is 0 Å². The van der Waals surface area contributed by atoms with Crippen molar-refractivity contribution in [3.8, 4) is 0 Å². The summed E-state index contributed by atoms with van der Waals surface area (Å²) < 4.78 is 0. The van der Waals surface area contributed by atoms with E-state index in [-0.39, 0.29) is 11.9 Å². The number of carbonyl (C=O) groups is 1. The third-order valence-electron chi connectivity index (χ3n) is 3.05. The summed E-state index contributed by atoms with van der Waals surface area (Å²) in [5.41, 5.74) is 6.42. The molecule has 3 N–H and O–H groups in total. The van der Waals surface area contributed by atoms with E-state index in [2.05, 4.69) is 10.2 Å². The van der Waals surface area contributed by atoms with E-state index in [0.717, 1.165) is 18.7 Å². The smallest absolute Gasteiger partial charge is 0.236 e. The molecular formula is C12H15Cl2N3O. The maximum absolute atomic E-state index is 11.4. The van der Waals surface area contributed by atoms with E-state index in [4.69, 9.17) is 28.9 Å². The minimum atomic E-state index is -0.303. The predicted octanol–water partition coefficient (Wildman–Crippen LogP) is 1.25. The fourth-order valence-corrected chi connectivity index (χ4v) is 2.41. The molecule has 1 fully saturated rings. The molecule has 0 bridgehead atoms. The molecule has 1 atom stereocenters. The van der Waals surface area contributed by atoms with Crippen LogP contribution in [0.1, 0.15) is 5.56 Å². The molecule has 0 aliphatic carbocycles. The first-order chi connectivity index (χ1) is 8.58. The van der Waals surface area contributed by atoms with E-state index in [1.807, 2.05) is 12.1 Å². The first kappa shape index (κ1) is 13.6. The zero-order valence-corrected chi connectivity index (χ0v) is 11.3. The molecule has 0 aromatic heterocycles. The SMILES string of the molecule is NC(=O)C1CNCCN1Cc1ccc(Cl)c(Cl)c1. The quantitative estimate of drug-likeness (QED) is 0.880. The molecule has 18 heavy (non-hydrogen) atoms. The van der Waals surface area contributed by atoms with E-state index in [0.29, 0.717) is 23.1 Å². The van der Waals surface area contributed by atoms with Crippen molar-refractivity contribution in [2.75, 3.05) is 19.6 Å². The highest BCUT2D eigenvalue weighted by molar-refractivity contribution is 6.42. The van der Waals surface area contributed by atoms with Crippen LogP contribution < -0.4 is 11.1 Å². The van der Waals surface area contributed by atoms with Crippen LogP contribution in [-0.4, -0.2) is 36.5 Å². The summed E-state index contributed by atoms with van der Waals surface area (Å²) in [6.45, 7) is 2.88. The molecule has 6 heteroatoms. The lowest BCUT2D eigenvalue weighted by Gasteiger charge is -2.34. The lowest BCUT2D eigenvalue weighted by atomic mass is 10.1. The third kappa shape index (κ3) is 3.14. The van der Waals surface area contributed by atoms with Crippen LogP contribution in [0.3, 0.4) is 0 Å². The standard InChI is InChI=1S/C12H15Cl2N3O/c13-9-2-1-8(5-10(9)14)7-17-4-3-16-6-11(17)12(15)18/h1-2,5,11,16H,3-4,6-7H2,(H2,15,18). The molecule has 1 heterocycles. The van der Waals surface area contributed by atoms with Gasteiger partial charge in [-0.3, -0.25) is 9.69 Å². The number of hydrogen-bond acceptors (Lipinski definition) is 3. The lowest BCUT2D eigenvalue weighted by Crippen LogP contribution is -2.56. The number of benzene rings is 1. The Morgan fingerprint density at radius 2 is 2.22 bits per heavy atom. The van der Waals surface area contributed by atoms with Crippen molar-refractivity contribution >= 4 is 29.1 Å². The van der Waals surface area contributed by atoms with Gasteiger partial charge in [-0.1, -0.05) is 29.3 Å². The van der Waals surface area contributed by atoms with Crippen LogP contribution in [0, 0.1) is 0 Å². The maximum atomic E-state index is 11.4. The highest BCUT2D eigenvalue weighted by Gasteiger charge is 2.26. The van der Waals surface area contributed by atoms with E-state index in [9.17, 15) is 4.79 Å². The van der Waals surface area contributed by atoms with Gasteiger partial charge < -0.3 is 11.1 Å². The summed E-state index contributed by atoms with van der Waals surface area (Å²) in [4.78, 5) is 13.4. The number of halogens is 2. The number of primary amides is 1. The van der Waals surface area contributed by atoms with Gasteiger partial charge in [0.05, 0.1) is 10.0 Å². The summed E-state index contributed by atoms with van der Waals surface area (Å²) in [7, 11) is 0. The Morgan fingerprint density at radius 1 is 1.44 bits per heavy atom. The van der Waals surface area contributed by atoms with Crippen LogP contribution in [0.15, 0.2) is 18.2 Å². The van der Waals surface area contributed by atoms with Crippen molar-refractivity contribution in [1.29, 1.82) is 0 Å². The van der Waals surface area contributed by atoms with Gasteiger partial charge in [0, 0.05) is 26.2 Å². The molecular weight excluding hydrogens is 273 g/mol. The van der Waals surface area contributed by atoms with E-state index in [1.54, 1.807) is 6.07 Å². The highest BCUT2D eigenvalue weighted by Crippen LogP contribution is 2.23. The van der Waals surface area contributed by atoms with Gasteiger partial charge >= 0.3 is 0 Å². The Labute approximate surface area is 116 Å². The normalized spacial score (nSPS) is 20.9.